The Morgan fingerprint density at radius 1 is 1.56 bits per heavy atom. The summed E-state index contributed by atoms with van der Waals surface area (Å²) in [7, 11) is 0. The first-order valence-corrected chi connectivity index (χ1v) is 5.50. The van der Waals surface area contributed by atoms with Gasteiger partial charge in [-0.2, -0.15) is 0 Å². The molecule has 0 spiro atoms. The second-order valence-corrected chi connectivity index (χ2v) is 4.82. The van der Waals surface area contributed by atoms with Crippen molar-refractivity contribution in [1.29, 1.82) is 0 Å². The van der Waals surface area contributed by atoms with Crippen LogP contribution in [0.15, 0.2) is 12.1 Å². The van der Waals surface area contributed by atoms with Crippen LogP contribution < -0.4 is 0 Å². The van der Waals surface area contributed by atoms with Crippen LogP contribution >= 0.6 is 11.6 Å². The second kappa shape index (κ2) is 3.74. The van der Waals surface area contributed by atoms with Crippen molar-refractivity contribution in [2.75, 3.05) is 0 Å². The number of carbonyl (C=O) groups is 1. The Kier molecular flexibility index (Phi) is 2.66. The molecule has 1 N–H and O–H groups in total. The Morgan fingerprint density at radius 3 is 2.62 bits per heavy atom. The van der Waals surface area contributed by atoms with E-state index >= 15 is 0 Å². The number of rotatable bonds is 3. The lowest BCUT2D eigenvalue weighted by Gasteiger charge is -2.14. The molecule has 0 amide bonds. The highest BCUT2D eigenvalue weighted by molar-refractivity contribution is 6.31. The van der Waals surface area contributed by atoms with Gasteiger partial charge in [-0.1, -0.05) is 11.6 Å². The summed E-state index contributed by atoms with van der Waals surface area (Å²) in [5, 5.41) is 9.18. The maximum absolute atomic E-state index is 13.5. The van der Waals surface area contributed by atoms with Crippen molar-refractivity contribution in [1.82, 2.24) is 0 Å². The molecule has 0 radical (unpaired) electrons. The van der Waals surface area contributed by atoms with E-state index in [0.29, 0.717) is 16.1 Å². The van der Waals surface area contributed by atoms with Crippen LogP contribution in [0.3, 0.4) is 0 Å². The lowest BCUT2D eigenvalue weighted by Crippen LogP contribution is -2.13. The number of halogens is 2. The topological polar surface area (TPSA) is 37.3 Å². The first-order chi connectivity index (χ1) is 7.44. The SMILES string of the molecule is Cc1c(F)cc(C2(CC(=O)O)CC2)cc1Cl. The molecule has 1 aliphatic rings. The molecule has 1 saturated carbocycles. The van der Waals surface area contributed by atoms with Crippen molar-refractivity contribution in [3.63, 3.8) is 0 Å². The van der Waals surface area contributed by atoms with Gasteiger partial charge in [0.2, 0.25) is 0 Å². The Bertz CT molecular complexity index is 429. The van der Waals surface area contributed by atoms with Gasteiger partial charge in [-0.15, -0.1) is 0 Å². The summed E-state index contributed by atoms with van der Waals surface area (Å²) in [6.45, 7) is 1.61. The van der Waals surface area contributed by atoms with Crippen LogP contribution in [0.4, 0.5) is 4.39 Å². The van der Waals surface area contributed by atoms with Crippen molar-refractivity contribution in [3.05, 3.63) is 34.1 Å². The molecule has 0 aromatic heterocycles. The van der Waals surface area contributed by atoms with E-state index in [1.165, 1.54) is 6.07 Å². The Balaban J connectivity index is 2.38. The first kappa shape index (κ1) is 11.4. The fraction of sp³-hybridized carbons (Fsp3) is 0.417. The van der Waals surface area contributed by atoms with E-state index in [2.05, 4.69) is 0 Å². The van der Waals surface area contributed by atoms with E-state index in [1.54, 1.807) is 13.0 Å². The summed E-state index contributed by atoms with van der Waals surface area (Å²) in [6.07, 6.45) is 1.63. The summed E-state index contributed by atoms with van der Waals surface area (Å²) < 4.78 is 13.5. The standard InChI is InChI=1S/C12H12ClFO2/c1-7-9(13)4-8(5-10(7)14)12(2-3-12)6-11(15)16/h4-5H,2-3,6H2,1H3,(H,15,16). The molecule has 86 valence electrons. The van der Waals surface area contributed by atoms with E-state index in [-0.39, 0.29) is 17.7 Å². The molecule has 0 unspecified atom stereocenters. The van der Waals surface area contributed by atoms with Gasteiger partial charge < -0.3 is 5.11 Å². The average Bonchev–Trinajstić information content (AvgIpc) is 2.93. The van der Waals surface area contributed by atoms with Crippen molar-refractivity contribution < 1.29 is 14.3 Å². The highest BCUT2D eigenvalue weighted by atomic mass is 35.5. The monoisotopic (exact) mass is 242 g/mol. The molecule has 0 aliphatic heterocycles. The number of benzene rings is 1. The Hall–Kier alpha value is -1.09. The summed E-state index contributed by atoms with van der Waals surface area (Å²) in [6, 6.07) is 3.10. The third-order valence-corrected chi connectivity index (χ3v) is 3.63. The maximum Gasteiger partial charge on any atom is 0.304 e. The van der Waals surface area contributed by atoms with Gasteiger partial charge in [0.25, 0.3) is 0 Å². The number of carboxylic acids is 1. The van der Waals surface area contributed by atoms with Crippen LogP contribution in [0.1, 0.15) is 30.4 Å². The van der Waals surface area contributed by atoms with E-state index in [0.717, 1.165) is 12.8 Å². The van der Waals surface area contributed by atoms with Crippen LogP contribution in [0, 0.1) is 12.7 Å². The molecule has 1 aromatic rings. The minimum Gasteiger partial charge on any atom is -0.481 e. The van der Waals surface area contributed by atoms with Crippen molar-refractivity contribution in [2.24, 2.45) is 0 Å². The van der Waals surface area contributed by atoms with Gasteiger partial charge in [0.15, 0.2) is 0 Å². The minimum absolute atomic E-state index is 0.0475. The zero-order valence-electron chi connectivity index (χ0n) is 8.89. The molecule has 1 fully saturated rings. The number of hydrogen-bond acceptors (Lipinski definition) is 1. The van der Waals surface area contributed by atoms with Gasteiger partial charge in [-0.25, -0.2) is 4.39 Å². The molecule has 0 heterocycles. The molecule has 1 aliphatic carbocycles. The molecule has 4 heteroatoms. The molecule has 0 bridgehead atoms. The van der Waals surface area contributed by atoms with Gasteiger partial charge in [-0.05, 0) is 37.5 Å². The molecule has 2 nitrogen and oxygen atoms in total. The molecular weight excluding hydrogens is 231 g/mol. The Morgan fingerprint density at radius 2 is 2.19 bits per heavy atom. The molecule has 2 rings (SSSR count). The van der Waals surface area contributed by atoms with Crippen LogP contribution in [-0.2, 0) is 10.2 Å². The van der Waals surface area contributed by atoms with Crippen molar-refractivity contribution >= 4 is 17.6 Å². The zero-order valence-corrected chi connectivity index (χ0v) is 9.64. The fourth-order valence-electron chi connectivity index (χ4n) is 1.96. The van der Waals surface area contributed by atoms with Gasteiger partial charge >= 0.3 is 5.97 Å². The molecule has 16 heavy (non-hydrogen) atoms. The van der Waals surface area contributed by atoms with Crippen molar-refractivity contribution in [2.45, 2.75) is 31.6 Å². The summed E-state index contributed by atoms with van der Waals surface area (Å²) >= 11 is 5.90. The quantitative estimate of drug-likeness (QED) is 0.883. The average molecular weight is 243 g/mol. The number of hydrogen-bond donors (Lipinski definition) is 1. The van der Waals surface area contributed by atoms with Gasteiger partial charge in [0, 0.05) is 16.0 Å². The third kappa shape index (κ3) is 1.92. The molecular formula is C12H12ClFO2. The highest BCUT2D eigenvalue weighted by Crippen LogP contribution is 2.51. The minimum atomic E-state index is -0.852. The lowest BCUT2D eigenvalue weighted by atomic mass is 9.91. The summed E-state index contributed by atoms with van der Waals surface area (Å²) in [5.74, 6) is -1.21. The van der Waals surface area contributed by atoms with Crippen LogP contribution in [0.25, 0.3) is 0 Å². The maximum atomic E-state index is 13.5. The van der Waals surface area contributed by atoms with E-state index in [9.17, 15) is 9.18 Å². The van der Waals surface area contributed by atoms with Crippen LogP contribution in [-0.4, -0.2) is 11.1 Å². The first-order valence-electron chi connectivity index (χ1n) is 5.12. The lowest BCUT2D eigenvalue weighted by molar-refractivity contribution is -0.137. The predicted molar refractivity (Wildman–Crippen MR) is 59.3 cm³/mol. The molecule has 1 aromatic carbocycles. The normalized spacial score (nSPS) is 17.2. The van der Waals surface area contributed by atoms with E-state index < -0.39 is 5.97 Å². The van der Waals surface area contributed by atoms with Crippen LogP contribution in [0.2, 0.25) is 5.02 Å². The Labute approximate surface area is 98.0 Å². The van der Waals surface area contributed by atoms with Gasteiger partial charge in [0.05, 0.1) is 6.42 Å². The highest BCUT2D eigenvalue weighted by Gasteiger charge is 2.46. The van der Waals surface area contributed by atoms with Crippen molar-refractivity contribution in [3.8, 4) is 0 Å². The fourth-order valence-corrected chi connectivity index (χ4v) is 2.17. The van der Waals surface area contributed by atoms with E-state index in [4.69, 9.17) is 16.7 Å². The van der Waals surface area contributed by atoms with Crippen LogP contribution in [0.5, 0.6) is 0 Å². The predicted octanol–water partition coefficient (Wildman–Crippen LogP) is 3.29. The zero-order chi connectivity index (χ0) is 11.9. The third-order valence-electron chi connectivity index (χ3n) is 3.24. The largest absolute Gasteiger partial charge is 0.481 e. The summed E-state index contributed by atoms with van der Waals surface area (Å²) in [5.41, 5.74) is 0.740. The smallest absolute Gasteiger partial charge is 0.304 e. The van der Waals surface area contributed by atoms with E-state index in [1.807, 2.05) is 0 Å². The molecule has 0 atom stereocenters. The molecule has 0 saturated heterocycles. The summed E-state index contributed by atoms with van der Waals surface area (Å²) in [4.78, 5) is 10.7. The second-order valence-electron chi connectivity index (χ2n) is 4.42. The van der Waals surface area contributed by atoms with Gasteiger partial charge in [0.1, 0.15) is 5.82 Å². The number of aliphatic carboxylic acids is 1. The number of carboxylic acid groups (broad SMARTS) is 1. The van der Waals surface area contributed by atoms with Gasteiger partial charge in [-0.3, -0.25) is 4.79 Å².